The third-order valence-corrected chi connectivity index (χ3v) is 3.58. The van der Waals surface area contributed by atoms with Gasteiger partial charge in [-0.15, -0.1) is 0 Å². The van der Waals surface area contributed by atoms with Crippen LogP contribution in [-0.2, 0) is 6.54 Å². The first-order valence-corrected chi connectivity index (χ1v) is 7.24. The Hall–Kier alpha value is -2.11. The molecule has 1 heterocycles. The Morgan fingerprint density at radius 3 is 2.52 bits per heavy atom. The molecule has 0 unspecified atom stereocenters. The SMILES string of the molecule is S=c1[nH]nc(-c2ccccc2)n1NCc1ccc(Cl)cc1. The van der Waals surface area contributed by atoms with Gasteiger partial charge in [-0.05, 0) is 29.9 Å². The van der Waals surface area contributed by atoms with Crippen molar-refractivity contribution in [2.24, 2.45) is 0 Å². The summed E-state index contributed by atoms with van der Waals surface area (Å²) in [6.45, 7) is 0.630. The van der Waals surface area contributed by atoms with Crippen molar-refractivity contribution in [2.75, 3.05) is 5.43 Å². The van der Waals surface area contributed by atoms with E-state index in [0.717, 1.165) is 22.0 Å². The van der Waals surface area contributed by atoms with Crippen LogP contribution >= 0.6 is 23.8 Å². The van der Waals surface area contributed by atoms with Crippen LogP contribution in [0, 0.1) is 4.77 Å². The molecule has 0 aliphatic carbocycles. The molecule has 0 saturated heterocycles. The van der Waals surface area contributed by atoms with E-state index in [0.29, 0.717) is 11.3 Å². The number of hydrogen-bond acceptors (Lipinski definition) is 3. The molecule has 3 aromatic rings. The molecule has 0 radical (unpaired) electrons. The van der Waals surface area contributed by atoms with Gasteiger partial charge in [0.2, 0.25) is 4.77 Å². The normalized spacial score (nSPS) is 10.5. The van der Waals surface area contributed by atoms with Crippen LogP contribution in [0.15, 0.2) is 54.6 Å². The van der Waals surface area contributed by atoms with Crippen LogP contribution in [0.5, 0.6) is 0 Å². The zero-order valence-corrected chi connectivity index (χ0v) is 12.7. The molecule has 1 aromatic heterocycles. The number of aromatic nitrogens is 3. The second-order valence-electron chi connectivity index (χ2n) is 4.52. The van der Waals surface area contributed by atoms with Crippen LogP contribution in [-0.4, -0.2) is 14.9 Å². The van der Waals surface area contributed by atoms with Crippen LogP contribution < -0.4 is 5.43 Å². The highest BCUT2D eigenvalue weighted by atomic mass is 35.5. The molecule has 0 atom stereocenters. The summed E-state index contributed by atoms with van der Waals surface area (Å²) in [5.74, 6) is 0.759. The van der Waals surface area contributed by atoms with Crippen molar-refractivity contribution >= 4 is 23.8 Å². The van der Waals surface area contributed by atoms with Crippen molar-refractivity contribution < 1.29 is 0 Å². The summed E-state index contributed by atoms with van der Waals surface area (Å²) in [6.07, 6.45) is 0. The van der Waals surface area contributed by atoms with E-state index in [2.05, 4.69) is 15.6 Å². The molecule has 0 bridgehead atoms. The second kappa shape index (κ2) is 6.11. The lowest BCUT2D eigenvalue weighted by Crippen LogP contribution is -2.15. The zero-order valence-electron chi connectivity index (χ0n) is 11.1. The number of H-pyrrole nitrogens is 1. The van der Waals surface area contributed by atoms with E-state index in [4.69, 9.17) is 23.8 Å². The van der Waals surface area contributed by atoms with Gasteiger partial charge >= 0.3 is 0 Å². The van der Waals surface area contributed by atoms with Crippen molar-refractivity contribution in [3.05, 3.63) is 70.0 Å². The number of aromatic amines is 1. The largest absolute Gasteiger partial charge is 0.317 e. The summed E-state index contributed by atoms with van der Waals surface area (Å²) in [4.78, 5) is 0. The third kappa shape index (κ3) is 3.15. The molecule has 0 fully saturated rings. The quantitative estimate of drug-likeness (QED) is 0.715. The van der Waals surface area contributed by atoms with E-state index in [-0.39, 0.29) is 0 Å². The van der Waals surface area contributed by atoms with Crippen LogP contribution in [0.2, 0.25) is 5.02 Å². The van der Waals surface area contributed by atoms with E-state index >= 15 is 0 Å². The highest BCUT2D eigenvalue weighted by Gasteiger charge is 2.07. The van der Waals surface area contributed by atoms with Crippen molar-refractivity contribution in [3.63, 3.8) is 0 Å². The van der Waals surface area contributed by atoms with Gasteiger partial charge in [-0.25, -0.2) is 9.77 Å². The minimum Gasteiger partial charge on any atom is -0.317 e. The van der Waals surface area contributed by atoms with Crippen molar-refractivity contribution in [1.82, 2.24) is 14.9 Å². The summed E-state index contributed by atoms with van der Waals surface area (Å²) in [5, 5.41) is 7.81. The van der Waals surface area contributed by atoms with E-state index in [1.54, 1.807) is 4.68 Å². The molecule has 2 aromatic carbocycles. The molecule has 0 saturated carbocycles. The fourth-order valence-corrected chi connectivity index (χ4v) is 2.32. The minimum absolute atomic E-state index is 0.530. The smallest absolute Gasteiger partial charge is 0.214 e. The Morgan fingerprint density at radius 2 is 1.81 bits per heavy atom. The van der Waals surface area contributed by atoms with Gasteiger partial charge in [0.1, 0.15) is 0 Å². The number of halogens is 1. The second-order valence-corrected chi connectivity index (χ2v) is 5.34. The van der Waals surface area contributed by atoms with E-state index < -0.39 is 0 Å². The molecular formula is C15H13ClN4S. The van der Waals surface area contributed by atoms with E-state index in [1.165, 1.54) is 0 Å². The van der Waals surface area contributed by atoms with E-state index in [1.807, 2.05) is 54.6 Å². The molecule has 6 heteroatoms. The predicted molar refractivity (Wildman–Crippen MR) is 87.4 cm³/mol. The van der Waals surface area contributed by atoms with Crippen LogP contribution in [0.25, 0.3) is 11.4 Å². The lowest BCUT2D eigenvalue weighted by atomic mass is 10.2. The predicted octanol–water partition coefficient (Wildman–Crippen LogP) is 4.00. The Morgan fingerprint density at radius 1 is 1.10 bits per heavy atom. The van der Waals surface area contributed by atoms with Gasteiger partial charge < -0.3 is 5.43 Å². The fourth-order valence-electron chi connectivity index (χ4n) is 2.00. The maximum atomic E-state index is 5.88. The van der Waals surface area contributed by atoms with Crippen LogP contribution in [0.4, 0.5) is 0 Å². The van der Waals surface area contributed by atoms with Gasteiger partial charge in [-0.1, -0.05) is 54.1 Å². The molecule has 4 nitrogen and oxygen atoms in total. The van der Waals surface area contributed by atoms with E-state index in [9.17, 15) is 0 Å². The number of nitrogens with zero attached hydrogens (tertiary/aromatic N) is 2. The molecule has 0 amide bonds. The van der Waals surface area contributed by atoms with Gasteiger partial charge in [0.15, 0.2) is 5.82 Å². The summed E-state index contributed by atoms with van der Waals surface area (Å²) in [7, 11) is 0. The molecule has 21 heavy (non-hydrogen) atoms. The summed E-state index contributed by atoms with van der Waals surface area (Å²) < 4.78 is 2.31. The van der Waals surface area contributed by atoms with Gasteiger partial charge in [-0.3, -0.25) is 0 Å². The topological polar surface area (TPSA) is 45.6 Å². The molecule has 0 aliphatic heterocycles. The van der Waals surface area contributed by atoms with Gasteiger partial charge in [0, 0.05) is 10.6 Å². The molecule has 106 valence electrons. The van der Waals surface area contributed by atoms with Gasteiger partial charge in [-0.2, -0.15) is 5.10 Å². The molecule has 3 rings (SSSR count). The summed E-state index contributed by atoms with van der Waals surface area (Å²) in [5.41, 5.74) is 5.38. The molecule has 0 aliphatic rings. The van der Waals surface area contributed by atoms with Crippen LogP contribution in [0.1, 0.15) is 5.56 Å². The fraction of sp³-hybridized carbons (Fsp3) is 0.0667. The Kier molecular flexibility index (Phi) is 4.03. The first-order valence-electron chi connectivity index (χ1n) is 6.45. The first-order chi connectivity index (χ1) is 10.2. The first kappa shape index (κ1) is 13.9. The Bertz CT molecular complexity index is 777. The molecule has 2 N–H and O–H groups in total. The zero-order chi connectivity index (χ0) is 14.7. The highest BCUT2D eigenvalue weighted by Crippen LogP contribution is 2.16. The van der Waals surface area contributed by atoms with Crippen molar-refractivity contribution in [3.8, 4) is 11.4 Å². The number of rotatable bonds is 4. The molecule has 0 spiro atoms. The lowest BCUT2D eigenvalue weighted by molar-refractivity contribution is 0.832. The highest BCUT2D eigenvalue weighted by molar-refractivity contribution is 7.71. The summed E-state index contributed by atoms with van der Waals surface area (Å²) >= 11 is 11.2. The van der Waals surface area contributed by atoms with Crippen molar-refractivity contribution in [2.45, 2.75) is 6.54 Å². The number of nitrogens with one attached hydrogen (secondary N) is 2. The standard InChI is InChI=1S/C15H13ClN4S/c16-13-8-6-11(7-9-13)10-17-20-14(18-19-15(20)21)12-4-2-1-3-5-12/h1-9,17H,10H2,(H,19,21). The maximum absolute atomic E-state index is 5.88. The minimum atomic E-state index is 0.530. The summed E-state index contributed by atoms with van der Waals surface area (Å²) in [6, 6.07) is 17.6. The number of hydrogen-bond donors (Lipinski definition) is 2. The Labute approximate surface area is 132 Å². The van der Waals surface area contributed by atoms with Crippen molar-refractivity contribution in [1.29, 1.82) is 0 Å². The number of benzene rings is 2. The van der Waals surface area contributed by atoms with Gasteiger partial charge in [0.05, 0.1) is 6.54 Å². The average Bonchev–Trinajstić information content (AvgIpc) is 2.89. The third-order valence-electron chi connectivity index (χ3n) is 3.06. The Balaban J connectivity index is 1.84. The monoisotopic (exact) mass is 316 g/mol. The van der Waals surface area contributed by atoms with Gasteiger partial charge in [0.25, 0.3) is 0 Å². The average molecular weight is 317 g/mol. The lowest BCUT2D eigenvalue weighted by Gasteiger charge is -2.10. The maximum Gasteiger partial charge on any atom is 0.214 e. The molecular weight excluding hydrogens is 304 g/mol. The van der Waals surface area contributed by atoms with Crippen LogP contribution in [0.3, 0.4) is 0 Å².